The van der Waals surface area contributed by atoms with Crippen molar-refractivity contribution in [1.29, 1.82) is 0 Å². The molecule has 1 aliphatic heterocycles. The molecule has 0 aromatic heterocycles. The standard InChI is InChI=1S/C18H20N2O6S/c1-3-18(21)20-14-9-13(5-7-15(14)24-2)27(22,23)19-10-12-4-6-16-17(8-12)26-11-25-16/h4-9,19H,3,10-11H2,1-2H3,(H,20,21). The topological polar surface area (TPSA) is 103 Å². The van der Waals surface area contributed by atoms with E-state index < -0.39 is 10.0 Å². The van der Waals surface area contributed by atoms with Crippen LogP contribution in [0.15, 0.2) is 41.3 Å². The van der Waals surface area contributed by atoms with Crippen molar-refractivity contribution in [3.05, 3.63) is 42.0 Å². The van der Waals surface area contributed by atoms with Gasteiger partial charge >= 0.3 is 0 Å². The quantitative estimate of drug-likeness (QED) is 0.749. The molecule has 1 aliphatic rings. The third-order valence-corrected chi connectivity index (χ3v) is 5.38. The molecule has 0 unspecified atom stereocenters. The summed E-state index contributed by atoms with van der Waals surface area (Å²) >= 11 is 0. The normalized spacial score (nSPS) is 12.7. The number of fused-ring (bicyclic) bond motifs is 1. The van der Waals surface area contributed by atoms with Gasteiger partial charge in [0.15, 0.2) is 11.5 Å². The van der Waals surface area contributed by atoms with Gasteiger partial charge in [0.1, 0.15) is 5.75 Å². The molecule has 0 aliphatic carbocycles. The average molecular weight is 392 g/mol. The van der Waals surface area contributed by atoms with E-state index in [1.807, 2.05) is 0 Å². The molecule has 0 atom stereocenters. The van der Waals surface area contributed by atoms with Gasteiger partial charge in [-0.2, -0.15) is 0 Å². The van der Waals surface area contributed by atoms with Crippen LogP contribution in [0.25, 0.3) is 0 Å². The molecule has 27 heavy (non-hydrogen) atoms. The number of hydrogen-bond acceptors (Lipinski definition) is 6. The van der Waals surface area contributed by atoms with E-state index in [1.54, 1.807) is 25.1 Å². The van der Waals surface area contributed by atoms with E-state index in [9.17, 15) is 13.2 Å². The molecule has 0 radical (unpaired) electrons. The van der Waals surface area contributed by atoms with Crippen LogP contribution in [-0.4, -0.2) is 28.2 Å². The van der Waals surface area contributed by atoms with Gasteiger partial charge in [-0.05, 0) is 35.9 Å². The molecule has 2 aromatic rings. The lowest BCUT2D eigenvalue weighted by Gasteiger charge is -2.13. The van der Waals surface area contributed by atoms with Crippen LogP contribution < -0.4 is 24.2 Å². The maximum Gasteiger partial charge on any atom is 0.240 e. The summed E-state index contributed by atoms with van der Waals surface area (Å²) in [5.41, 5.74) is 1.03. The highest BCUT2D eigenvalue weighted by Gasteiger charge is 2.18. The fraction of sp³-hybridized carbons (Fsp3) is 0.278. The maximum atomic E-state index is 12.6. The predicted octanol–water partition coefficient (Wildman–Crippen LogP) is 2.25. The van der Waals surface area contributed by atoms with Gasteiger partial charge in [0.2, 0.25) is 22.7 Å². The maximum absolute atomic E-state index is 12.6. The fourth-order valence-electron chi connectivity index (χ4n) is 2.50. The van der Waals surface area contributed by atoms with Gasteiger partial charge in [-0.15, -0.1) is 0 Å². The van der Waals surface area contributed by atoms with Crippen LogP contribution in [0.1, 0.15) is 18.9 Å². The number of methoxy groups -OCH3 is 1. The van der Waals surface area contributed by atoms with Crippen LogP contribution in [-0.2, 0) is 21.4 Å². The zero-order chi connectivity index (χ0) is 19.4. The summed E-state index contributed by atoms with van der Waals surface area (Å²) in [7, 11) is -2.34. The molecule has 0 spiro atoms. The largest absolute Gasteiger partial charge is 0.495 e. The van der Waals surface area contributed by atoms with E-state index >= 15 is 0 Å². The van der Waals surface area contributed by atoms with E-state index in [-0.39, 0.29) is 30.6 Å². The van der Waals surface area contributed by atoms with E-state index in [0.717, 1.165) is 5.56 Å². The number of carbonyl (C=O) groups is 1. The Kier molecular flexibility index (Phi) is 5.52. The molecule has 8 nitrogen and oxygen atoms in total. The highest BCUT2D eigenvalue weighted by atomic mass is 32.2. The minimum atomic E-state index is -3.79. The Morgan fingerprint density at radius 3 is 2.67 bits per heavy atom. The summed E-state index contributed by atoms with van der Waals surface area (Å²) < 4.78 is 43.5. The Labute approximate surface area is 157 Å². The van der Waals surface area contributed by atoms with Crippen LogP contribution in [0.2, 0.25) is 0 Å². The van der Waals surface area contributed by atoms with Gasteiger partial charge in [-0.1, -0.05) is 13.0 Å². The summed E-state index contributed by atoms with van der Waals surface area (Å²) in [5, 5.41) is 2.64. The second-order valence-corrected chi connectivity index (χ2v) is 7.54. The van der Waals surface area contributed by atoms with Crippen LogP contribution in [0.5, 0.6) is 17.2 Å². The number of carbonyl (C=O) groups excluding carboxylic acids is 1. The number of hydrogen-bond donors (Lipinski definition) is 2. The number of rotatable bonds is 7. The molecule has 1 heterocycles. The molecule has 2 N–H and O–H groups in total. The van der Waals surface area contributed by atoms with Crippen molar-refractivity contribution in [2.45, 2.75) is 24.8 Å². The Morgan fingerprint density at radius 1 is 1.15 bits per heavy atom. The third-order valence-electron chi connectivity index (χ3n) is 3.98. The molecule has 1 amide bonds. The van der Waals surface area contributed by atoms with Crippen LogP contribution in [0.3, 0.4) is 0 Å². The first-order valence-electron chi connectivity index (χ1n) is 8.29. The summed E-state index contributed by atoms with van der Waals surface area (Å²) in [4.78, 5) is 11.7. The molecular formula is C18H20N2O6S. The zero-order valence-electron chi connectivity index (χ0n) is 14.9. The third kappa shape index (κ3) is 4.32. The Balaban J connectivity index is 1.77. The van der Waals surface area contributed by atoms with Crippen molar-refractivity contribution in [3.8, 4) is 17.2 Å². The zero-order valence-corrected chi connectivity index (χ0v) is 15.8. The SMILES string of the molecule is CCC(=O)Nc1cc(S(=O)(=O)NCc2ccc3c(c2)OCO3)ccc1OC. The number of nitrogens with one attached hydrogen (secondary N) is 2. The van der Waals surface area contributed by atoms with Crippen LogP contribution >= 0.6 is 0 Å². The lowest BCUT2D eigenvalue weighted by atomic mass is 10.2. The molecule has 0 fully saturated rings. The number of sulfonamides is 1. The van der Waals surface area contributed by atoms with Crippen LogP contribution in [0, 0.1) is 0 Å². The van der Waals surface area contributed by atoms with Gasteiger partial charge in [-0.3, -0.25) is 4.79 Å². The van der Waals surface area contributed by atoms with Gasteiger partial charge in [0.25, 0.3) is 0 Å². The summed E-state index contributed by atoms with van der Waals surface area (Å²) in [6.07, 6.45) is 0.266. The first-order valence-corrected chi connectivity index (χ1v) is 9.77. The molecule has 0 saturated carbocycles. The number of ether oxygens (including phenoxy) is 3. The van der Waals surface area contributed by atoms with Gasteiger partial charge in [0.05, 0.1) is 17.7 Å². The molecule has 0 saturated heterocycles. The second-order valence-electron chi connectivity index (χ2n) is 5.78. The lowest BCUT2D eigenvalue weighted by Crippen LogP contribution is -2.23. The van der Waals surface area contributed by atoms with Gasteiger partial charge < -0.3 is 19.5 Å². The van der Waals surface area contributed by atoms with Gasteiger partial charge in [0, 0.05) is 13.0 Å². The smallest absolute Gasteiger partial charge is 0.240 e. The number of anilines is 1. The molecule has 144 valence electrons. The van der Waals surface area contributed by atoms with Crippen molar-refractivity contribution in [2.24, 2.45) is 0 Å². The summed E-state index contributed by atoms with van der Waals surface area (Å²) in [6.45, 7) is 1.94. The van der Waals surface area contributed by atoms with Gasteiger partial charge in [-0.25, -0.2) is 13.1 Å². The summed E-state index contributed by atoms with van der Waals surface area (Å²) in [5.74, 6) is 1.36. The molecular weight excluding hydrogens is 372 g/mol. The fourth-order valence-corrected chi connectivity index (χ4v) is 3.55. The van der Waals surface area contributed by atoms with E-state index in [1.165, 1.54) is 25.3 Å². The van der Waals surface area contributed by atoms with Crippen molar-refractivity contribution in [3.63, 3.8) is 0 Å². The Morgan fingerprint density at radius 2 is 1.93 bits per heavy atom. The minimum Gasteiger partial charge on any atom is -0.495 e. The van der Waals surface area contributed by atoms with Crippen molar-refractivity contribution in [1.82, 2.24) is 4.72 Å². The van der Waals surface area contributed by atoms with Crippen molar-refractivity contribution < 1.29 is 27.4 Å². The molecule has 0 bridgehead atoms. The van der Waals surface area contributed by atoms with Crippen molar-refractivity contribution >= 4 is 21.6 Å². The lowest BCUT2D eigenvalue weighted by molar-refractivity contribution is -0.115. The molecule has 9 heteroatoms. The van der Waals surface area contributed by atoms with E-state index in [0.29, 0.717) is 22.9 Å². The highest BCUT2D eigenvalue weighted by molar-refractivity contribution is 7.89. The molecule has 2 aromatic carbocycles. The van der Waals surface area contributed by atoms with Crippen molar-refractivity contribution in [2.75, 3.05) is 19.2 Å². The molecule has 3 rings (SSSR count). The number of benzene rings is 2. The second kappa shape index (κ2) is 7.85. The highest BCUT2D eigenvalue weighted by Crippen LogP contribution is 2.32. The summed E-state index contributed by atoms with van der Waals surface area (Å²) in [6, 6.07) is 9.51. The Bertz CT molecular complexity index is 958. The minimum absolute atomic E-state index is 0.0236. The number of amides is 1. The Hall–Kier alpha value is -2.78. The van der Waals surface area contributed by atoms with E-state index in [2.05, 4.69) is 10.0 Å². The monoisotopic (exact) mass is 392 g/mol. The predicted molar refractivity (Wildman–Crippen MR) is 98.5 cm³/mol. The average Bonchev–Trinajstić information content (AvgIpc) is 3.14. The first kappa shape index (κ1) is 19.0. The van der Waals surface area contributed by atoms with Crippen LogP contribution in [0.4, 0.5) is 5.69 Å². The first-order chi connectivity index (χ1) is 12.9. The van der Waals surface area contributed by atoms with E-state index in [4.69, 9.17) is 14.2 Å².